The number of hydrogen-bond donors (Lipinski definition) is 1. The molecule has 0 bridgehead atoms. The Balaban J connectivity index is 2.52. The van der Waals surface area contributed by atoms with E-state index in [0.29, 0.717) is 27.8 Å². The first kappa shape index (κ1) is 29.7. The highest BCUT2D eigenvalue weighted by atomic mass is 35.5. The van der Waals surface area contributed by atoms with Gasteiger partial charge in [-0.2, -0.15) is 0 Å². The van der Waals surface area contributed by atoms with Crippen LogP contribution in [0.3, 0.4) is 0 Å². The molecule has 0 fully saturated rings. The van der Waals surface area contributed by atoms with E-state index in [4.69, 9.17) is 27.9 Å². The predicted molar refractivity (Wildman–Crippen MR) is 144 cm³/mol. The number of hydrogen-bond acceptors (Lipinski definition) is 5. The summed E-state index contributed by atoms with van der Waals surface area (Å²) >= 11 is 12.7. The largest absolute Gasteiger partial charge is 0.495 e. The third kappa shape index (κ3) is 7.51. The van der Waals surface area contributed by atoms with Crippen molar-refractivity contribution in [3.05, 3.63) is 57.6 Å². The fraction of sp³-hybridized carbons (Fsp3) is 0.440. The number of carbonyl (C=O) groups excluding carboxylic acids is 2. The van der Waals surface area contributed by atoms with Gasteiger partial charge in [0.05, 0.1) is 19.1 Å². The van der Waals surface area contributed by atoms with Crippen molar-refractivity contribution in [1.82, 2.24) is 10.2 Å². The summed E-state index contributed by atoms with van der Waals surface area (Å²) in [5.41, 5.74) is 1.46. The summed E-state index contributed by atoms with van der Waals surface area (Å²) in [5, 5.41) is 3.53. The molecule has 0 spiro atoms. The van der Waals surface area contributed by atoms with Crippen LogP contribution in [0, 0.1) is 6.92 Å². The van der Waals surface area contributed by atoms with Crippen LogP contribution in [0.5, 0.6) is 5.75 Å². The van der Waals surface area contributed by atoms with Crippen LogP contribution in [0.25, 0.3) is 0 Å². The Morgan fingerprint density at radius 1 is 1.11 bits per heavy atom. The number of methoxy groups -OCH3 is 1. The number of benzene rings is 2. The lowest BCUT2D eigenvalue weighted by molar-refractivity contribution is -0.139. The lowest BCUT2D eigenvalue weighted by atomic mass is 10.1. The second-order valence-corrected chi connectivity index (χ2v) is 11.4. The molecule has 0 aliphatic carbocycles. The highest BCUT2D eigenvalue weighted by Gasteiger charge is 2.32. The molecule has 2 amide bonds. The van der Waals surface area contributed by atoms with Gasteiger partial charge in [-0.1, -0.05) is 42.3 Å². The molecule has 11 heteroatoms. The average molecular weight is 559 g/mol. The monoisotopic (exact) mass is 557 g/mol. The van der Waals surface area contributed by atoms with E-state index in [0.717, 1.165) is 16.1 Å². The first-order valence-electron chi connectivity index (χ1n) is 11.4. The van der Waals surface area contributed by atoms with Gasteiger partial charge < -0.3 is 15.0 Å². The lowest BCUT2D eigenvalue weighted by Crippen LogP contribution is -2.52. The van der Waals surface area contributed by atoms with Crippen molar-refractivity contribution in [2.24, 2.45) is 0 Å². The quantitative estimate of drug-likeness (QED) is 0.441. The molecule has 0 radical (unpaired) electrons. The molecule has 0 saturated heterocycles. The maximum atomic E-state index is 13.7. The van der Waals surface area contributed by atoms with Crippen LogP contribution in [-0.2, 0) is 26.2 Å². The number of carbonyl (C=O) groups is 2. The van der Waals surface area contributed by atoms with Crippen molar-refractivity contribution in [1.29, 1.82) is 0 Å². The highest BCUT2D eigenvalue weighted by molar-refractivity contribution is 7.92. The van der Waals surface area contributed by atoms with Crippen molar-refractivity contribution in [2.45, 2.75) is 52.7 Å². The Kier molecular flexibility index (Phi) is 10.5. The molecule has 1 N–H and O–H groups in total. The molecule has 0 aliphatic heterocycles. The van der Waals surface area contributed by atoms with Crippen molar-refractivity contribution in [2.75, 3.05) is 24.2 Å². The maximum absolute atomic E-state index is 13.7. The van der Waals surface area contributed by atoms with E-state index in [1.165, 1.54) is 12.0 Å². The van der Waals surface area contributed by atoms with Gasteiger partial charge in [-0.25, -0.2) is 8.42 Å². The van der Waals surface area contributed by atoms with Gasteiger partial charge in [0, 0.05) is 28.2 Å². The number of nitrogens with one attached hydrogen (secondary N) is 1. The van der Waals surface area contributed by atoms with Gasteiger partial charge in [-0.15, -0.1) is 0 Å². The molecular formula is C25H33Cl2N3O5S. The first-order valence-corrected chi connectivity index (χ1v) is 14.1. The Morgan fingerprint density at radius 2 is 1.72 bits per heavy atom. The molecule has 0 saturated carbocycles. The van der Waals surface area contributed by atoms with Gasteiger partial charge in [0.25, 0.3) is 0 Å². The maximum Gasteiger partial charge on any atom is 0.244 e. The van der Waals surface area contributed by atoms with Gasteiger partial charge in [-0.05, 0) is 57.0 Å². The molecular weight excluding hydrogens is 525 g/mol. The third-order valence-corrected chi connectivity index (χ3v) is 7.68. The van der Waals surface area contributed by atoms with Gasteiger partial charge in [0.1, 0.15) is 18.3 Å². The molecule has 2 rings (SSSR count). The van der Waals surface area contributed by atoms with E-state index < -0.39 is 28.5 Å². The summed E-state index contributed by atoms with van der Waals surface area (Å²) in [6.45, 7) is 6.53. The Hall–Kier alpha value is -2.49. The minimum Gasteiger partial charge on any atom is -0.495 e. The lowest BCUT2D eigenvalue weighted by Gasteiger charge is -2.32. The zero-order chi connectivity index (χ0) is 27.2. The molecule has 8 nitrogen and oxygen atoms in total. The molecule has 0 heterocycles. The normalized spacial score (nSPS) is 13.0. The summed E-state index contributed by atoms with van der Waals surface area (Å²) < 4.78 is 31.9. The summed E-state index contributed by atoms with van der Waals surface area (Å²) in [6, 6.07) is 8.94. The number of amides is 2. The molecule has 36 heavy (non-hydrogen) atoms. The number of rotatable bonds is 11. The second kappa shape index (κ2) is 12.7. The Bertz CT molecular complexity index is 1190. The fourth-order valence-electron chi connectivity index (χ4n) is 3.49. The van der Waals surface area contributed by atoms with Crippen molar-refractivity contribution < 1.29 is 22.7 Å². The number of nitrogens with zero attached hydrogens (tertiary/aromatic N) is 2. The number of sulfonamides is 1. The van der Waals surface area contributed by atoms with Crippen LogP contribution in [-0.4, -0.2) is 57.1 Å². The van der Waals surface area contributed by atoms with Crippen LogP contribution in [0.4, 0.5) is 5.69 Å². The number of halogens is 2. The van der Waals surface area contributed by atoms with Crippen LogP contribution < -0.4 is 14.4 Å². The second-order valence-electron chi connectivity index (χ2n) is 8.66. The summed E-state index contributed by atoms with van der Waals surface area (Å²) in [7, 11) is -2.48. The minimum atomic E-state index is -3.90. The standard InChI is InChI=1S/C25H33Cl2N3O5S/c1-7-17(3)28-25(32)18(4)29(14-19-20(26)9-8-10-21(19)27)24(31)15-30(36(6,33)34)22-13-16(2)11-12-23(22)35-5/h8-13,17-18H,7,14-15H2,1-6H3,(H,28,32)/t17-,18+/m1/s1. The third-order valence-electron chi connectivity index (χ3n) is 5.84. The van der Waals surface area contributed by atoms with Crippen LogP contribution in [0.2, 0.25) is 10.0 Å². The number of ether oxygens (including phenoxy) is 1. The van der Waals surface area contributed by atoms with Gasteiger partial charge in [0.15, 0.2) is 0 Å². The van der Waals surface area contributed by atoms with Crippen LogP contribution in [0.15, 0.2) is 36.4 Å². The van der Waals surface area contributed by atoms with Crippen LogP contribution >= 0.6 is 23.2 Å². The van der Waals surface area contributed by atoms with Crippen LogP contribution in [0.1, 0.15) is 38.3 Å². The van der Waals surface area contributed by atoms with Gasteiger partial charge >= 0.3 is 0 Å². The van der Waals surface area contributed by atoms with Gasteiger partial charge in [0.2, 0.25) is 21.8 Å². The van der Waals surface area contributed by atoms with E-state index in [1.807, 2.05) is 13.8 Å². The molecule has 0 aromatic heterocycles. The number of aryl methyl sites for hydroxylation is 1. The highest BCUT2D eigenvalue weighted by Crippen LogP contribution is 2.32. The van der Waals surface area contributed by atoms with Gasteiger partial charge in [-0.3, -0.25) is 13.9 Å². The van der Waals surface area contributed by atoms with E-state index in [-0.39, 0.29) is 24.2 Å². The molecule has 2 aromatic carbocycles. The molecule has 0 aliphatic rings. The topological polar surface area (TPSA) is 96.0 Å². The SMILES string of the molecule is CC[C@@H](C)NC(=O)[C@H](C)N(Cc1c(Cl)cccc1Cl)C(=O)CN(c1cc(C)ccc1OC)S(C)(=O)=O. The Morgan fingerprint density at radius 3 is 2.25 bits per heavy atom. The smallest absolute Gasteiger partial charge is 0.244 e. The summed E-state index contributed by atoms with van der Waals surface area (Å²) in [4.78, 5) is 28.0. The Labute approximate surface area is 223 Å². The van der Waals surface area contributed by atoms with E-state index in [2.05, 4.69) is 5.32 Å². The van der Waals surface area contributed by atoms with Crippen molar-refractivity contribution in [3.63, 3.8) is 0 Å². The zero-order valence-electron chi connectivity index (χ0n) is 21.3. The molecule has 0 unspecified atom stereocenters. The molecule has 198 valence electrons. The predicted octanol–water partition coefficient (Wildman–Crippen LogP) is 4.41. The fourth-order valence-corrected chi connectivity index (χ4v) is 4.85. The zero-order valence-corrected chi connectivity index (χ0v) is 23.7. The number of anilines is 1. The van der Waals surface area contributed by atoms with Crippen molar-refractivity contribution in [3.8, 4) is 5.75 Å². The summed E-state index contributed by atoms with van der Waals surface area (Å²) in [6.07, 6.45) is 1.72. The van der Waals surface area contributed by atoms with E-state index in [9.17, 15) is 18.0 Å². The average Bonchev–Trinajstić information content (AvgIpc) is 2.80. The van der Waals surface area contributed by atoms with E-state index in [1.54, 1.807) is 50.2 Å². The molecule has 2 aromatic rings. The molecule has 2 atom stereocenters. The first-order chi connectivity index (χ1) is 16.8. The summed E-state index contributed by atoms with van der Waals surface area (Å²) in [5.74, 6) is -0.686. The van der Waals surface area contributed by atoms with Crippen molar-refractivity contribution >= 4 is 50.7 Å². The minimum absolute atomic E-state index is 0.0883. The van der Waals surface area contributed by atoms with E-state index >= 15 is 0 Å².